The Hall–Kier alpha value is -2.30. The van der Waals surface area contributed by atoms with Gasteiger partial charge in [-0.05, 0) is 29.5 Å². The number of fused-ring (bicyclic) bond motifs is 1. The first-order valence-electron chi connectivity index (χ1n) is 6.90. The summed E-state index contributed by atoms with van der Waals surface area (Å²) in [7, 11) is 1.61. The molecule has 0 amide bonds. The van der Waals surface area contributed by atoms with E-state index in [2.05, 4.69) is 18.8 Å². The number of ether oxygens (including phenoxy) is 1. The molecule has 0 saturated heterocycles. The molecule has 1 aromatic heterocycles. The molecule has 5 nitrogen and oxygen atoms in total. The number of aliphatic carboxylic acids is 1. The first-order valence-corrected chi connectivity index (χ1v) is 6.90. The smallest absolute Gasteiger partial charge is 0.323 e. The van der Waals surface area contributed by atoms with Crippen molar-refractivity contribution >= 4 is 22.6 Å². The zero-order valence-electron chi connectivity index (χ0n) is 12.5. The van der Waals surface area contributed by atoms with E-state index in [0.29, 0.717) is 18.3 Å². The van der Waals surface area contributed by atoms with E-state index in [0.717, 1.165) is 16.5 Å². The van der Waals surface area contributed by atoms with Gasteiger partial charge in [-0.2, -0.15) is 0 Å². The molecule has 2 aromatic rings. The minimum Gasteiger partial charge on any atom is -0.497 e. The number of carboxylic acids is 1. The Morgan fingerprint density at radius 2 is 2.14 bits per heavy atom. The third-order valence-electron chi connectivity index (χ3n) is 3.16. The summed E-state index contributed by atoms with van der Waals surface area (Å²) in [5, 5.41) is 11.1. The molecule has 0 atom stereocenters. The van der Waals surface area contributed by atoms with Crippen LogP contribution in [0.15, 0.2) is 30.5 Å². The summed E-state index contributed by atoms with van der Waals surface area (Å²) in [5.41, 5.74) is 0. The van der Waals surface area contributed by atoms with E-state index in [4.69, 9.17) is 9.84 Å². The van der Waals surface area contributed by atoms with Gasteiger partial charge in [0.2, 0.25) is 0 Å². The zero-order valence-corrected chi connectivity index (χ0v) is 12.5. The molecule has 21 heavy (non-hydrogen) atoms. The van der Waals surface area contributed by atoms with Crippen molar-refractivity contribution in [1.82, 2.24) is 4.98 Å². The molecule has 0 aliphatic carbocycles. The maximum absolute atomic E-state index is 11.1. The molecular weight excluding hydrogens is 268 g/mol. The van der Waals surface area contributed by atoms with Gasteiger partial charge in [-0.15, -0.1) is 0 Å². The lowest BCUT2D eigenvalue weighted by molar-refractivity contribution is -0.135. The van der Waals surface area contributed by atoms with Crippen LogP contribution in [0.2, 0.25) is 0 Å². The summed E-state index contributed by atoms with van der Waals surface area (Å²) in [6.45, 7) is 4.68. The normalized spacial score (nSPS) is 10.9. The van der Waals surface area contributed by atoms with Gasteiger partial charge < -0.3 is 14.7 Å². The number of nitrogens with zero attached hydrogens (tertiary/aromatic N) is 2. The summed E-state index contributed by atoms with van der Waals surface area (Å²) in [5.74, 6) is 0.892. The minimum absolute atomic E-state index is 0.0680. The van der Waals surface area contributed by atoms with Crippen LogP contribution in [0, 0.1) is 5.92 Å². The first-order chi connectivity index (χ1) is 10.0. The van der Waals surface area contributed by atoms with E-state index >= 15 is 0 Å². The zero-order chi connectivity index (χ0) is 15.4. The molecule has 0 radical (unpaired) electrons. The van der Waals surface area contributed by atoms with Crippen LogP contribution < -0.4 is 9.64 Å². The van der Waals surface area contributed by atoms with Crippen LogP contribution in [0.1, 0.15) is 13.8 Å². The van der Waals surface area contributed by atoms with E-state index in [1.54, 1.807) is 18.2 Å². The lowest BCUT2D eigenvalue weighted by Gasteiger charge is -2.25. The molecule has 1 heterocycles. The lowest BCUT2D eigenvalue weighted by atomic mass is 10.1. The number of hydrogen-bond donors (Lipinski definition) is 1. The Morgan fingerprint density at radius 1 is 1.38 bits per heavy atom. The average molecular weight is 288 g/mol. The number of hydrogen-bond acceptors (Lipinski definition) is 4. The number of anilines is 1. The summed E-state index contributed by atoms with van der Waals surface area (Å²) < 4.78 is 5.26. The Morgan fingerprint density at radius 3 is 2.76 bits per heavy atom. The number of benzene rings is 1. The minimum atomic E-state index is -0.864. The van der Waals surface area contributed by atoms with Crippen molar-refractivity contribution in [3.8, 4) is 5.75 Å². The third-order valence-corrected chi connectivity index (χ3v) is 3.16. The highest BCUT2D eigenvalue weighted by molar-refractivity contribution is 5.94. The third kappa shape index (κ3) is 3.62. The Balaban J connectivity index is 2.52. The highest BCUT2D eigenvalue weighted by Gasteiger charge is 2.16. The molecule has 0 bridgehead atoms. The highest BCUT2D eigenvalue weighted by atomic mass is 16.5. The van der Waals surface area contributed by atoms with Gasteiger partial charge in [-0.3, -0.25) is 4.79 Å². The number of methoxy groups -OCH3 is 1. The van der Waals surface area contributed by atoms with E-state index in [-0.39, 0.29) is 6.54 Å². The Bertz CT molecular complexity index is 640. The van der Waals surface area contributed by atoms with Gasteiger partial charge in [-0.1, -0.05) is 19.9 Å². The van der Waals surface area contributed by atoms with Gasteiger partial charge in [0.1, 0.15) is 18.1 Å². The van der Waals surface area contributed by atoms with Crippen molar-refractivity contribution in [2.24, 2.45) is 5.92 Å². The van der Waals surface area contributed by atoms with E-state index in [1.165, 1.54) is 0 Å². The van der Waals surface area contributed by atoms with Crippen molar-refractivity contribution < 1.29 is 14.6 Å². The fraction of sp³-hybridized carbons (Fsp3) is 0.375. The average Bonchev–Trinajstić information content (AvgIpc) is 2.44. The summed E-state index contributed by atoms with van der Waals surface area (Å²) >= 11 is 0. The SMILES string of the molecule is COc1ccc2ccnc(N(CC(=O)O)CC(C)C)c2c1. The van der Waals surface area contributed by atoms with E-state index in [9.17, 15) is 4.79 Å². The monoisotopic (exact) mass is 288 g/mol. The molecule has 0 spiro atoms. The maximum atomic E-state index is 11.1. The van der Waals surface area contributed by atoms with E-state index < -0.39 is 5.97 Å². The maximum Gasteiger partial charge on any atom is 0.323 e. The molecule has 0 aliphatic rings. The van der Waals surface area contributed by atoms with Gasteiger partial charge in [0, 0.05) is 18.1 Å². The molecule has 0 aliphatic heterocycles. The highest BCUT2D eigenvalue weighted by Crippen LogP contribution is 2.28. The van der Waals surface area contributed by atoms with Gasteiger partial charge in [-0.25, -0.2) is 4.98 Å². The molecule has 1 N–H and O–H groups in total. The fourth-order valence-corrected chi connectivity index (χ4v) is 2.34. The molecule has 112 valence electrons. The molecule has 0 fully saturated rings. The molecule has 2 rings (SSSR count). The van der Waals surface area contributed by atoms with Crippen LogP contribution in [0.25, 0.3) is 10.8 Å². The summed E-state index contributed by atoms with van der Waals surface area (Å²) in [4.78, 5) is 17.3. The van der Waals surface area contributed by atoms with Gasteiger partial charge in [0.25, 0.3) is 0 Å². The van der Waals surface area contributed by atoms with Crippen molar-refractivity contribution in [3.05, 3.63) is 30.5 Å². The number of rotatable bonds is 6. The fourth-order valence-electron chi connectivity index (χ4n) is 2.34. The van der Waals surface area contributed by atoms with Crippen LogP contribution in [-0.4, -0.2) is 36.3 Å². The van der Waals surface area contributed by atoms with Gasteiger partial charge in [0.15, 0.2) is 0 Å². The lowest BCUT2D eigenvalue weighted by Crippen LogP contribution is -2.33. The van der Waals surface area contributed by atoms with Crippen molar-refractivity contribution in [3.63, 3.8) is 0 Å². The Labute approximate surface area is 124 Å². The largest absolute Gasteiger partial charge is 0.497 e. The van der Waals surface area contributed by atoms with Crippen LogP contribution in [0.4, 0.5) is 5.82 Å². The summed E-state index contributed by atoms with van der Waals surface area (Å²) in [6, 6.07) is 7.64. The predicted octanol–water partition coefficient (Wildman–Crippen LogP) is 2.79. The molecule has 0 saturated carbocycles. The number of carboxylic acid groups (broad SMARTS) is 1. The number of aromatic nitrogens is 1. The van der Waals surface area contributed by atoms with Gasteiger partial charge >= 0.3 is 5.97 Å². The van der Waals surface area contributed by atoms with Gasteiger partial charge in [0.05, 0.1) is 7.11 Å². The molecule has 0 unspecified atom stereocenters. The number of pyridine rings is 1. The van der Waals surface area contributed by atoms with Crippen LogP contribution in [-0.2, 0) is 4.79 Å². The standard InChI is InChI=1S/C16H20N2O3/c1-11(2)9-18(10-15(19)20)16-14-8-13(21-3)5-4-12(14)6-7-17-16/h4-8,11H,9-10H2,1-3H3,(H,19,20). The van der Waals surface area contributed by atoms with Crippen molar-refractivity contribution in [2.75, 3.05) is 25.1 Å². The Kier molecular flexibility index (Phi) is 4.62. The molecule has 1 aromatic carbocycles. The second-order valence-corrected chi connectivity index (χ2v) is 5.39. The topological polar surface area (TPSA) is 62.7 Å². The molecular formula is C16H20N2O3. The molecule has 5 heteroatoms. The first kappa shape index (κ1) is 15.1. The van der Waals surface area contributed by atoms with Crippen LogP contribution in [0.5, 0.6) is 5.75 Å². The second kappa shape index (κ2) is 6.43. The quantitative estimate of drug-likeness (QED) is 0.885. The second-order valence-electron chi connectivity index (χ2n) is 5.39. The number of carbonyl (C=O) groups is 1. The predicted molar refractivity (Wildman–Crippen MR) is 83.0 cm³/mol. The van der Waals surface area contributed by atoms with Crippen LogP contribution in [0.3, 0.4) is 0 Å². The van der Waals surface area contributed by atoms with Crippen molar-refractivity contribution in [1.29, 1.82) is 0 Å². The summed E-state index contributed by atoms with van der Waals surface area (Å²) in [6.07, 6.45) is 1.71. The van der Waals surface area contributed by atoms with E-state index in [1.807, 2.05) is 24.3 Å². The van der Waals surface area contributed by atoms with Crippen molar-refractivity contribution in [2.45, 2.75) is 13.8 Å². The van der Waals surface area contributed by atoms with Crippen LogP contribution >= 0.6 is 0 Å².